The number of hydrogen-bond donors (Lipinski definition) is 5. The number of amides is 5. The standard InChI is InChI=1S/C19H20BrNO4.C17H16BrNO4.C15H14BrNO2.C14H18BrNO3.C14H16BrNO3.C9H8BrNO.C7H8BrN.C4H7BrO2/c1-2-24-18(22)13-21(12-15-8-10-17(20)11-9-15)19(23)25-14-16-6-4-3-5-7-16;18-15-8-6-13(7-9-15)10-19(11-16(20)21)17(22)23-12-14-4-2-1-3-5-14;16-14-8-6-12(7-9-14)10-17-15(18)19-11-13-4-2-1-3-5-13;2*1-14(2,3)19-13(18)16-7-9-4-5-10(15)6-11(9)12(17)8-16;10-7-2-1-6-4-11-5-9(12)8(6)3-7;8-7-3-1-6(5-9)2-4-7;1-2-7-4(6)3-5/h3-11H,2,12-14H2,1H3;1-9H,10-12H2,(H,20,21);1-9H,10-11H2,(H,17,18);4-6,12,17H,7-8H2,1-3H3;4-6H,7-8H2,1-3H3;1-3,11H,4-5H2;1-4H,5,9H2;2-3H2,1H3. The Morgan fingerprint density at radius 3 is 1.25 bits per heavy atom. The molecule has 26 nitrogen and oxygen atoms in total. The van der Waals surface area contributed by atoms with Crippen LogP contribution in [0.4, 0.5) is 24.0 Å². The van der Waals surface area contributed by atoms with Crippen molar-refractivity contribution in [2.24, 2.45) is 5.73 Å². The van der Waals surface area contributed by atoms with E-state index in [2.05, 4.69) is 143 Å². The number of Topliss-reactive ketones (excluding diaryl/α,β-unsaturated/α-hetero) is 2. The van der Waals surface area contributed by atoms with E-state index in [1.54, 1.807) is 19.9 Å². The molecule has 1 atom stereocenters. The number of carbonyl (C=O) groups excluding carboxylic acids is 9. The molecule has 133 heavy (non-hydrogen) atoms. The van der Waals surface area contributed by atoms with Gasteiger partial charge in [0.05, 0.1) is 45.5 Å². The van der Waals surface area contributed by atoms with E-state index in [1.807, 2.05) is 278 Å². The van der Waals surface area contributed by atoms with Crippen LogP contribution in [0, 0.1) is 0 Å². The molecular formula is C99H107Br8N7O19. The molecule has 6 N–H and O–H groups in total. The minimum atomic E-state index is -1.08. The lowest BCUT2D eigenvalue weighted by Gasteiger charge is -2.33. The number of aliphatic hydroxyl groups excluding tert-OH is 1. The highest BCUT2D eigenvalue weighted by Crippen LogP contribution is 2.31. The molecule has 0 radical (unpaired) electrons. The summed E-state index contributed by atoms with van der Waals surface area (Å²) in [6, 6.07) is 75.9. The van der Waals surface area contributed by atoms with E-state index in [0.717, 1.165) is 104 Å². The number of alkyl halides is 1. The number of benzene rings is 10. The Hall–Kier alpha value is -9.98. The molecule has 13 rings (SSSR count). The number of ketones is 2. The summed E-state index contributed by atoms with van der Waals surface area (Å²) in [5.74, 6) is -1.64. The summed E-state index contributed by atoms with van der Waals surface area (Å²) in [7, 11) is 0. The van der Waals surface area contributed by atoms with Crippen molar-refractivity contribution in [3.8, 4) is 0 Å². The Kier molecular flexibility index (Phi) is 49.6. The van der Waals surface area contributed by atoms with E-state index >= 15 is 0 Å². The van der Waals surface area contributed by atoms with Gasteiger partial charge in [0.2, 0.25) is 0 Å². The van der Waals surface area contributed by atoms with E-state index in [1.165, 1.54) is 20.3 Å². The number of aliphatic hydroxyl groups is 1. The van der Waals surface area contributed by atoms with Gasteiger partial charge in [0.25, 0.3) is 0 Å². The number of nitrogens with one attached hydrogen (secondary N) is 2. The van der Waals surface area contributed by atoms with Gasteiger partial charge in [0.15, 0.2) is 11.6 Å². The van der Waals surface area contributed by atoms with Gasteiger partial charge in [-0.2, -0.15) is 0 Å². The number of nitrogens with zero attached hydrogens (tertiary/aromatic N) is 4. The van der Waals surface area contributed by atoms with Crippen LogP contribution < -0.4 is 16.4 Å². The monoisotopic (exact) mass is 2330 g/mol. The van der Waals surface area contributed by atoms with Gasteiger partial charge in [-0.05, 0) is 202 Å². The van der Waals surface area contributed by atoms with Gasteiger partial charge in [0, 0.05) is 81.7 Å². The number of aliphatic carboxylic acids is 1. The number of carbonyl (C=O) groups is 10. The number of carboxylic acid groups (broad SMARTS) is 1. The van der Waals surface area contributed by atoms with Gasteiger partial charge >= 0.3 is 48.4 Å². The lowest BCUT2D eigenvalue weighted by molar-refractivity contribution is -0.144. The maximum absolute atomic E-state index is 12.4. The van der Waals surface area contributed by atoms with Gasteiger partial charge in [-0.25, -0.2) is 24.0 Å². The smallest absolute Gasteiger partial charge is 0.411 e. The molecule has 708 valence electrons. The topological polar surface area (TPSA) is 339 Å². The van der Waals surface area contributed by atoms with Crippen LogP contribution in [0.25, 0.3) is 0 Å². The third-order valence-corrected chi connectivity index (χ3v) is 22.2. The van der Waals surface area contributed by atoms with Gasteiger partial charge in [-0.1, -0.05) is 285 Å². The molecule has 3 aliphatic rings. The summed E-state index contributed by atoms with van der Waals surface area (Å²) in [6.45, 7) is 19.1. The summed E-state index contributed by atoms with van der Waals surface area (Å²) in [5.41, 5.74) is 16.2. The molecule has 3 heterocycles. The quantitative estimate of drug-likeness (QED) is 0.0269. The van der Waals surface area contributed by atoms with Gasteiger partial charge in [-0.3, -0.25) is 38.7 Å². The van der Waals surface area contributed by atoms with E-state index in [-0.39, 0.29) is 82.8 Å². The molecule has 0 aliphatic carbocycles. The molecule has 10 aromatic carbocycles. The normalized spacial score (nSPS) is 12.5. The Morgan fingerprint density at radius 2 is 0.820 bits per heavy atom. The van der Waals surface area contributed by atoms with Crippen LogP contribution >= 0.6 is 127 Å². The zero-order chi connectivity index (χ0) is 97.6. The van der Waals surface area contributed by atoms with Gasteiger partial charge in [0.1, 0.15) is 49.4 Å². The van der Waals surface area contributed by atoms with Crippen LogP contribution in [-0.2, 0) is 113 Å². The number of hydrogen-bond acceptors (Lipinski definition) is 20. The zero-order valence-corrected chi connectivity index (χ0v) is 87.3. The number of alkyl carbamates (subject to hydrolysis) is 1. The molecule has 10 aromatic rings. The predicted octanol–water partition coefficient (Wildman–Crippen LogP) is 22.9. The van der Waals surface area contributed by atoms with Crippen molar-refractivity contribution in [1.29, 1.82) is 0 Å². The molecule has 0 aromatic heterocycles. The Balaban J connectivity index is 0.000000239. The number of carboxylic acids is 1. The predicted molar refractivity (Wildman–Crippen MR) is 538 cm³/mol. The fourth-order valence-corrected chi connectivity index (χ4v) is 14.2. The fourth-order valence-electron chi connectivity index (χ4n) is 11.9. The first-order valence-corrected chi connectivity index (χ1v) is 48.4. The molecule has 0 spiro atoms. The summed E-state index contributed by atoms with van der Waals surface area (Å²) < 4.78 is 42.5. The number of fused-ring (bicyclic) bond motifs is 3. The number of esters is 2. The highest BCUT2D eigenvalue weighted by molar-refractivity contribution is 9.11. The van der Waals surface area contributed by atoms with Crippen molar-refractivity contribution in [2.45, 2.75) is 138 Å². The molecule has 34 heteroatoms. The minimum absolute atomic E-state index is 0.0617. The van der Waals surface area contributed by atoms with Crippen molar-refractivity contribution in [3.05, 3.63) is 346 Å². The van der Waals surface area contributed by atoms with E-state index in [4.69, 9.17) is 39.3 Å². The van der Waals surface area contributed by atoms with Crippen molar-refractivity contribution < 1.29 is 91.3 Å². The van der Waals surface area contributed by atoms with Crippen LogP contribution in [0.2, 0.25) is 0 Å². The van der Waals surface area contributed by atoms with Crippen molar-refractivity contribution >= 4 is 187 Å². The first kappa shape index (κ1) is 112. The minimum Gasteiger partial charge on any atom is -0.480 e. The molecule has 0 saturated heterocycles. The van der Waals surface area contributed by atoms with Crippen LogP contribution in [0.15, 0.2) is 274 Å². The van der Waals surface area contributed by atoms with Crippen LogP contribution in [0.1, 0.15) is 143 Å². The largest absolute Gasteiger partial charge is 0.480 e. The van der Waals surface area contributed by atoms with Crippen LogP contribution in [0.3, 0.4) is 0 Å². The third kappa shape index (κ3) is 44.4. The van der Waals surface area contributed by atoms with E-state index < -0.39 is 60.2 Å². The Labute approximate surface area is 843 Å². The number of halogens is 8. The van der Waals surface area contributed by atoms with Crippen molar-refractivity contribution in [2.75, 3.05) is 51.3 Å². The van der Waals surface area contributed by atoms with Crippen LogP contribution in [-0.4, -0.2) is 152 Å². The second-order valence-corrected chi connectivity index (χ2v) is 38.1. The molecule has 0 bridgehead atoms. The molecular weight excluding hydrogens is 2230 g/mol. The SMILES string of the molecule is CC(C)(C)OC(=O)N1CC(=O)c2cc(Br)ccc2C1.CC(C)(C)OC(=O)N1Cc2ccc(Br)cc2C(O)C1.CCOC(=O)CBr.CCOC(=O)CN(Cc1ccc(Br)cc1)C(=O)OCc1ccccc1.NCc1ccc(Br)cc1.O=C(NCc1ccc(Br)cc1)OCc1ccccc1.O=C(O)CN(Cc1ccc(Br)cc1)C(=O)OCc1ccccc1.O=C1CNCc2ccc(Br)cc21. The average molecular weight is 2340 g/mol. The van der Waals surface area contributed by atoms with E-state index in [9.17, 15) is 53.1 Å². The number of β-amino-alcohol motifs (C(OH)–C–C–N with tert-alkyl or cyclic N) is 1. The number of ether oxygens (including phenoxy) is 7. The first-order chi connectivity index (χ1) is 63.3. The maximum atomic E-state index is 12.4. The second kappa shape index (κ2) is 59.0. The van der Waals surface area contributed by atoms with Crippen molar-refractivity contribution in [1.82, 2.24) is 30.2 Å². The second-order valence-electron chi connectivity index (χ2n) is 31.2. The lowest BCUT2D eigenvalue weighted by Crippen LogP contribution is -2.42. The Morgan fingerprint density at radius 1 is 0.436 bits per heavy atom. The highest BCUT2D eigenvalue weighted by Gasteiger charge is 2.32. The van der Waals surface area contributed by atoms with Gasteiger partial charge < -0.3 is 64.6 Å². The molecule has 1 unspecified atom stereocenters. The maximum Gasteiger partial charge on any atom is 0.411 e. The summed E-state index contributed by atoms with van der Waals surface area (Å²) in [4.78, 5) is 122. The lowest BCUT2D eigenvalue weighted by atomic mass is 9.98. The molecule has 5 amide bonds. The third-order valence-electron chi connectivity index (χ3n) is 18.1. The fraction of sp³-hybridized carbons (Fsp3) is 0.293. The summed E-state index contributed by atoms with van der Waals surface area (Å²) in [5, 5.41) is 25.2. The molecule has 3 aliphatic heterocycles. The van der Waals surface area contributed by atoms with Crippen LogP contribution in [0.5, 0.6) is 0 Å². The zero-order valence-electron chi connectivity index (χ0n) is 74.6. The number of nitrogens with two attached hydrogens (primary N) is 1. The van der Waals surface area contributed by atoms with Crippen molar-refractivity contribution in [3.63, 3.8) is 0 Å². The highest BCUT2D eigenvalue weighted by atomic mass is 79.9. The average Bonchev–Trinajstić information content (AvgIpc) is 0.451. The first-order valence-electron chi connectivity index (χ1n) is 41.7. The molecule has 0 saturated carbocycles. The van der Waals surface area contributed by atoms with E-state index in [0.29, 0.717) is 50.2 Å². The summed E-state index contributed by atoms with van der Waals surface area (Å²) >= 11 is 26.4. The summed E-state index contributed by atoms with van der Waals surface area (Å²) in [6.07, 6.45) is -3.13. The molecule has 0 fully saturated rings. The number of rotatable bonds is 20. The van der Waals surface area contributed by atoms with Gasteiger partial charge in [-0.15, -0.1) is 0 Å². The Bertz CT molecular complexity index is 5380.